The Balaban J connectivity index is 0.000000982. The van der Waals surface area contributed by atoms with Crippen LogP contribution in [0, 0.1) is 31.1 Å². The molecule has 1 aromatic rings. The van der Waals surface area contributed by atoms with Crippen LogP contribution in [-0.2, 0) is 24.4 Å². The third-order valence-electron chi connectivity index (χ3n) is 6.53. The number of rotatable bonds is 9. The zero-order chi connectivity index (χ0) is 33.4. The van der Waals surface area contributed by atoms with Gasteiger partial charge in [0.1, 0.15) is 12.1 Å². The van der Waals surface area contributed by atoms with E-state index in [9.17, 15) is 27.6 Å². The summed E-state index contributed by atoms with van der Waals surface area (Å²) in [6.45, 7) is 12.6. The van der Waals surface area contributed by atoms with Gasteiger partial charge in [0.25, 0.3) is 0 Å². The zero-order valence-electron chi connectivity index (χ0n) is 25.3. The van der Waals surface area contributed by atoms with Crippen LogP contribution in [0.4, 0.5) is 5.69 Å². The van der Waals surface area contributed by atoms with Crippen molar-refractivity contribution in [3.63, 3.8) is 0 Å². The Hall–Kier alpha value is -4.29. The van der Waals surface area contributed by atoms with Gasteiger partial charge in [-0.2, -0.15) is 0 Å². The second-order valence-electron chi connectivity index (χ2n) is 10.8. The molecule has 0 spiro atoms. The Labute approximate surface area is 256 Å². The van der Waals surface area contributed by atoms with Crippen LogP contribution in [0.25, 0.3) is 0 Å². The number of hydrogen-bond donors (Lipinski definition) is 4. The molecule has 3 fully saturated rings. The van der Waals surface area contributed by atoms with Crippen molar-refractivity contribution in [3.05, 3.63) is 43.0 Å². The van der Waals surface area contributed by atoms with Crippen LogP contribution in [0.15, 0.2) is 37.4 Å². The van der Waals surface area contributed by atoms with Gasteiger partial charge in [-0.15, -0.1) is 38.9 Å². The molecular weight excluding hydrogens is 570 g/mol. The molecule has 0 radical (unpaired) electrons. The fourth-order valence-electron chi connectivity index (χ4n) is 4.08. The second kappa shape index (κ2) is 18.3. The average molecular weight is 616 g/mol. The van der Waals surface area contributed by atoms with E-state index in [1.165, 1.54) is 0 Å². The molecule has 12 heteroatoms. The molecule has 0 aromatic heterocycles. The number of likely N-dealkylation sites (tertiary alicyclic amines) is 1. The number of carbonyl (C=O) groups is 4. The summed E-state index contributed by atoms with van der Waals surface area (Å²) in [7, 11) is -3.26. The number of nitrogens with two attached hydrogens (primary N) is 1. The largest absolute Gasteiger partial charge is 0.373 e. The number of nitrogens with one attached hydrogen (secondary N) is 3. The van der Waals surface area contributed by atoms with Gasteiger partial charge in [-0.3, -0.25) is 23.9 Å². The molecule has 1 aromatic carbocycles. The summed E-state index contributed by atoms with van der Waals surface area (Å²) in [6.07, 6.45) is 21.2. The molecule has 0 unspecified atom stereocenters. The molecule has 3 aliphatic rings. The van der Waals surface area contributed by atoms with Crippen molar-refractivity contribution in [1.82, 2.24) is 14.9 Å². The van der Waals surface area contributed by atoms with Gasteiger partial charge in [0.15, 0.2) is 0 Å². The second-order valence-corrected chi connectivity index (χ2v) is 12.8. The van der Waals surface area contributed by atoms with E-state index in [2.05, 4.69) is 49.5 Å². The summed E-state index contributed by atoms with van der Waals surface area (Å²) in [5.74, 6) is -0.594. The predicted molar refractivity (Wildman–Crippen MR) is 170 cm³/mol. The van der Waals surface area contributed by atoms with Gasteiger partial charge in [-0.1, -0.05) is 20.8 Å². The maximum Gasteiger partial charge on any atom is 0.248 e. The van der Waals surface area contributed by atoms with Crippen molar-refractivity contribution in [2.24, 2.45) is 11.1 Å². The van der Waals surface area contributed by atoms with Gasteiger partial charge < -0.3 is 21.3 Å². The molecule has 1 heterocycles. The fraction of sp³-hybridized carbons (Fsp3) is 0.484. The van der Waals surface area contributed by atoms with E-state index < -0.39 is 28.0 Å². The van der Waals surface area contributed by atoms with Crippen molar-refractivity contribution >= 4 is 39.8 Å². The summed E-state index contributed by atoms with van der Waals surface area (Å²) in [5.41, 5.74) is 6.08. The smallest absolute Gasteiger partial charge is 0.248 e. The van der Waals surface area contributed by atoms with Crippen LogP contribution in [0.2, 0.25) is 0 Å². The Morgan fingerprint density at radius 3 is 1.95 bits per heavy atom. The van der Waals surface area contributed by atoms with Gasteiger partial charge in [0, 0.05) is 23.8 Å². The first-order valence-electron chi connectivity index (χ1n) is 13.7. The van der Waals surface area contributed by atoms with Crippen LogP contribution < -0.4 is 21.1 Å². The first-order valence-corrected chi connectivity index (χ1v) is 15.3. The van der Waals surface area contributed by atoms with Crippen LogP contribution in [0.3, 0.4) is 0 Å². The van der Waals surface area contributed by atoms with Crippen molar-refractivity contribution in [2.75, 3.05) is 11.9 Å². The molecule has 43 heavy (non-hydrogen) atoms. The maximum atomic E-state index is 13.4. The van der Waals surface area contributed by atoms with E-state index in [-0.39, 0.29) is 34.9 Å². The lowest BCUT2D eigenvalue weighted by atomic mass is 9.85. The van der Waals surface area contributed by atoms with E-state index in [0.717, 1.165) is 24.9 Å². The third kappa shape index (κ3) is 12.6. The lowest BCUT2D eigenvalue weighted by Crippen LogP contribution is -2.54. The molecule has 2 aliphatic carbocycles. The molecule has 4 amide bonds. The number of sulfonamides is 1. The van der Waals surface area contributed by atoms with Crippen molar-refractivity contribution in [2.45, 2.75) is 82.7 Å². The van der Waals surface area contributed by atoms with E-state index in [1.807, 2.05) is 20.8 Å². The Morgan fingerprint density at radius 2 is 1.53 bits per heavy atom. The quantitative estimate of drug-likeness (QED) is 0.188. The lowest BCUT2D eigenvalue weighted by Gasteiger charge is -2.36. The summed E-state index contributed by atoms with van der Waals surface area (Å²) >= 11 is 0. The summed E-state index contributed by atoms with van der Waals surface area (Å²) in [5, 5.41) is 6.02. The van der Waals surface area contributed by atoms with Gasteiger partial charge in [-0.25, -0.2) is 8.42 Å². The number of benzene rings is 1. The third-order valence-corrected chi connectivity index (χ3v) is 8.31. The molecule has 236 valence electrons. The molecule has 0 bridgehead atoms. The monoisotopic (exact) mass is 615 g/mol. The Kier molecular flexibility index (Phi) is 16.5. The first-order chi connectivity index (χ1) is 20.3. The highest BCUT2D eigenvalue weighted by atomic mass is 32.2. The summed E-state index contributed by atoms with van der Waals surface area (Å²) in [6, 6.07) is 6.15. The minimum absolute atomic E-state index is 0.0354. The number of primary amides is 1. The molecule has 11 nitrogen and oxygen atoms in total. The van der Waals surface area contributed by atoms with E-state index in [4.69, 9.17) is 5.73 Å². The number of terminal acetylenes is 2. The number of nitrogens with zero attached hydrogens (tertiary/aromatic N) is 1. The lowest BCUT2D eigenvalue weighted by molar-refractivity contribution is -0.140. The summed E-state index contributed by atoms with van der Waals surface area (Å²) in [4.78, 5) is 48.6. The minimum Gasteiger partial charge on any atom is -0.373 e. The molecule has 1 saturated heterocycles. The topological polar surface area (TPSA) is 168 Å². The van der Waals surface area contributed by atoms with Gasteiger partial charge in [-0.05, 0) is 68.2 Å². The predicted octanol–water partition coefficient (Wildman–Crippen LogP) is 2.41. The van der Waals surface area contributed by atoms with E-state index >= 15 is 0 Å². The highest BCUT2D eigenvalue weighted by molar-refractivity contribution is 7.90. The van der Waals surface area contributed by atoms with E-state index in [1.54, 1.807) is 33.9 Å². The fourth-order valence-corrected chi connectivity index (χ4v) is 5.16. The summed E-state index contributed by atoms with van der Waals surface area (Å²) < 4.78 is 23.1. The van der Waals surface area contributed by atoms with Crippen molar-refractivity contribution in [3.8, 4) is 25.7 Å². The highest BCUT2D eigenvalue weighted by Crippen LogP contribution is 2.29. The average Bonchev–Trinajstić information content (AvgIpc) is 3.93. The molecule has 4 rings (SSSR count). The maximum absolute atomic E-state index is 13.4. The van der Waals surface area contributed by atoms with Gasteiger partial charge in [0.2, 0.25) is 34.2 Å². The van der Waals surface area contributed by atoms with Gasteiger partial charge >= 0.3 is 0 Å². The minimum atomic E-state index is -3.26. The number of hydrogen-bond acceptors (Lipinski definition) is 7. The van der Waals surface area contributed by atoms with Gasteiger partial charge in [0.05, 0.1) is 5.25 Å². The SMILES string of the molecule is C#C.C#C.C=C.CC(C)(C)[C@@H](Nc1ccc(C(N)=O)cc1)C(=O)N1CCC[C@H]1C(=O)NC1CC1.O=CNS(=O)(=O)C1CC1. The highest BCUT2D eigenvalue weighted by Gasteiger charge is 2.42. The molecule has 5 N–H and O–H groups in total. The molecule has 2 atom stereocenters. The standard InChI is InChI=1S/C21H30N4O3.C4H7NO3S.C2H4.2C2H2/c1-21(2,3)17(23-14-8-6-13(7-9-14)18(22)26)20(28)25-12-4-5-16(25)19(27)24-15-10-11-15;6-3-5-9(7,8)4-1-2-4;3*1-2/h6-9,15-17,23H,4-5,10-12H2,1-3H3,(H2,22,26)(H,24,27);3-4H,1-2H2,(H,5,6);1-2H2;2*1-2H/t16-,17-;;;;/m0..../s1. The van der Waals surface area contributed by atoms with E-state index in [0.29, 0.717) is 31.4 Å². The Bertz CT molecular complexity index is 1210. The number of carbonyl (C=O) groups excluding carboxylic acids is 4. The Morgan fingerprint density at radius 1 is 1.00 bits per heavy atom. The first kappa shape index (κ1) is 38.7. The van der Waals surface area contributed by atoms with Crippen molar-refractivity contribution < 1.29 is 27.6 Å². The number of amides is 4. The normalized spacial score (nSPS) is 17.6. The molecule has 1 aliphatic heterocycles. The number of anilines is 1. The van der Waals surface area contributed by atoms with Crippen molar-refractivity contribution in [1.29, 1.82) is 0 Å². The molecular formula is C31H45N5O6S. The zero-order valence-corrected chi connectivity index (χ0v) is 26.1. The molecule has 2 saturated carbocycles. The van der Waals surface area contributed by atoms with Crippen LogP contribution in [0.1, 0.15) is 69.7 Å². The van der Waals surface area contributed by atoms with Crippen LogP contribution in [-0.4, -0.2) is 67.4 Å². The van der Waals surface area contributed by atoms with Crippen LogP contribution in [0.5, 0.6) is 0 Å². The van der Waals surface area contributed by atoms with Crippen LogP contribution >= 0.6 is 0 Å².